The first-order valence-electron chi connectivity index (χ1n) is 5.91. The number of hydrogen-bond donors (Lipinski definition) is 0. The SMILES string of the molecule is [c]1cccc(-c2ccncc2-c2ccccc2)c1. The third-order valence-electron chi connectivity index (χ3n) is 2.92. The van der Waals surface area contributed by atoms with Crippen LogP contribution in [0.15, 0.2) is 73.1 Å². The van der Waals surface area contributed by atoms with E-state index in [1.54, 1.807) is 0 Å². The fraction of sp³-hybridized carbons (Fsp3) is 0. The van der Waals surface area contributed by atoms with Gasteiger partial charge < -0.3 is 0 Å². The number of nitrogens with zero attached hydrogens (tertiary/aromatic N) is 1. The van der Waals surface area contributed by atoms with Crippen LogP contribution in [-0.4, -0.2) is 4.98 Å². The first-order valence-corrected chi connectivity index (χ1v) is 5.91. The molecule has 0 spiro atoms. The van der Waals surface area contributed by atoms with E-state index >= 15 is 0 Å². The summed E-state index contributed by atoms with van der Waals surface area (Å²) in [5.41, 5.74) is 4.69. The number of rotatable bonds is 2. The second-order valence-corrected chi connectivity index (χ2v) is 4.08. The Kier molecular flexibility index (Phi) is 2.89. The summed E-state index contributed by atoms with van der Waals surface area (Å²) in [4.78, 5) is 4.24. The fourth-order valence-corrected chi connectivity index (χ4v) is 2.05. The van der Waals surface area contributed by atoms with Crippen molar-refractivity contribution in [1.82, 2.24) is 4.98 Å². The molecule has 18 heavy (non-hydrogen) atoms. The van der Waals surface area contributed by atoms with E-state index < -0.39 is 0 Å². The van der Waals surface area contributed by atoms with Crippen LogP contribution in [0.25, 0.3) is 22.3 Å². The summed E-state index contributed by atoms with van der Waals surface area (Å²) >= 11 is 0. The van der Waals surface area contributed by atoms with Gasteiger partial charge in [0.1, 0.15) is 0 Å². The van der Waals surface area contributed by atoms with E-state index in [2.05, 4.69) is 29.2 Å². The van der Waals surface area contributed by atoms with Crippen LogP contribution in [-0.2, 0) is 0 Å². The van der Waals surface area contributed by atoms with Crippen LogP contribution in [0.4, 0.5) is 0 Å². The predicted octanol–water partition coefficient (Wildman–Crippen LogP) is 4.22. The van der Waals surface area contributed by atoms with E-state index in [0.29, 0.717) is 0 Å². The van der Waals surface area contributed by atoms with Crippen LogP contribution in [0.5, 0.6) is 0 Å². The Morgan fingerprint density at radius 1 is 0.778 bits per heavy atom. The minimum absolute atomic E-state index is 1.15. The number of hydrogen-bond acceptors (Lipinski definition) is 1. The van der Waals surface area contributed by atoms with Crippen molar-refractivity contribution in [3.05, 3.63) is 79.1 Å². The minimum atomic E-state index is 1.15. The maximum absolute atomic E-state index is 4.24. The molecular formula is C17H12N. The second-order valence-electron chi connectivity index (χ2n) is 4.08. The molecule has 1 radical (unpaired) electrons. The molecule has 85 valence electrons. The van der Waals surface area contributed by atoms with Gasteiger partial charge in [0.05, 0.1) is 0 Å². The second kappa shape index (κ2) is 4.84. The van der Waals surface area contributed by atoms with E-state index in [1.807, 2.05) is 54.9 Å². The van der Waals surface area contributed by atoms with Crippen LogP contribution >= 0.6 is 0 Å². The summed E-state index contributed by atoms with van der Waals surface area (Å²) < 4.78 is 0. The van der Waals surface area contributed by atoms with Crippen molar-refractivity contribution in [2.45, 2.75) is 0 Å². The van der Waals surface area contributed by atoms with Crippen molar-refractivity contribution in [2.24, 2.45) is 0 Å². The smallest absolute Gasteiger partial charge is 0.0352 e. The number of pyridine rings is 1. The summed E-state index contributed by atoms with van der Waals surface area (Å²) in [6.45, 7) is 0. The molecular weight excluding hydrogens is 218 g/mol. The molecule has 0 saturated heterocycles. The molecule has 0 aliphatic carbocycles. The highest BCUT2D eigenvalue weighted by Gasteiger charge is 2.06. The van der Waals surface area contributed by atoms with Gasteiger partial charge in [-0.15, -0.1) is 0 Å². The Morgan fingerprint density at radius 3 is 2.39 bits per heavy atom. The molecule has 1 aromatic heterocycles. The van der Waals surface area contributed by atoms with Gasteiger partial charge in [0.25, 0.3) is 0 Å². The normalized spacial score (nSPS) is 10.2. The zero-order valence-corrected chi connectivity index (χ0v) is 9.88. The lowest BCUT2D eigenvalue weighted by Crippen LogP contribution is -1.86. The average Bonchev–Trinajstić information content (AvgIpc) is 2.49. The van der Waals surface area contributed by atoms with Crippen molar-refractivity contribution in [1.29, 1.82) is 0 Å². The van der Waals surface area contributed by atoms with Crippen molar-refractivity contribution in [3.8, 4) is 22.3 Å². The molecule has 1 heteroatoms. The molecule has 0 aliphatic heterocycles. The van der Waals surface area contributed by atoms with Gasteiger partial charge in [-0.2, -0.15) is 0 Å². The van der Waals surface area contributed by atoms with Crippen LogP contribution in [0, 0.1) is 6.07 Å². The first kappa shape index (κ1) is 10.7. The molecule has 0 bridgehead atoms. The molecule has 1 heterocycles. The highest BCUT2D eigenvalue weighted by atomic mass is 14.6. The van der Waals surface area contributed by atoms with Crippen LogP contribution in [0.3, 0.4) is 0 Å². The van der Waals surface area contributed by atoms with Gasteiger partial charge in [-0.1, -0.05) is 48.5 Å². The zero-order chi connectivity index (χ0) is 12.2. The lowest BCUT2D eigenvalue weighted by Gasteiger charge is -2.08. The number of benzene rings is 2. The molecule has 0 N–H and O–H groups in total. The minimum Gasteiger partial charge on any atom is -0.264 e. The molecule has 1 nitrogen and oxygen atoms in total. The lowest BCUT2D eigenvalue weighted by atomic mass is 9.97. The maximum atomic E-state index is 4.24. The Morgan fingerprint density at radius 2 is 1.61 bits per heavy atom. The quantitative estimate of drug-likeness (QED) is 0.642. The summed E-state index contributed by atoms with van der Waals surface area (Å²) in [6, 6.07) is 23.5. The molecule has 0 saturated carbocycles. The third kappa shape index (κ3) is 2.03. The monoisotopic (exact) mass is 230 g/mol. The van der Waals surface area contributed by atoms with Gasteiger partial charge in [-0.3, -0.25) is 4.98 Å². The van der Waals surface area contributed by atoms with Gasteiger partial charge >= 0.3 is 0 Å². The van der Waals surface area contributed by atoms with E-state index in [4.69, 9.17) is 0 Å². The molecule has 3 rings (SSSR count). The van der Waals surface area contributed by atoms with E-state index in [9.17, 15) is 0 Å². The Balaban J connectivity index is 2.18. The van der Waals surface area contributed by atoms with E-state index in [0.717, 1.165) is 5.56 Å². The summed E-state index contributed by atoms with van der Waals surface area (Å²) in [6.07, 6.45) is 3.74. The first-order chi connectivity index (χ1) is 8.95. The van der Waals surface area contributed by atoms with Gasteiger partial charge in [-0.05, 0) is 34.9 Å². The van der Waals surface area contributed by atoms with Crippen LogP contribution in [0.1, 0.15) is 0 Å². The molecule has 2 aromatic carbocycles. The zero-order valence-electron chi connectivity index (χ0n) is 9.88. The molecule has 0 aliphatic rings. The molecule has 0 unspecified atom stereocenters. The Hall–Kier alpha value is -2.41. The molecule has 0 atom stereocenters. The van der Waals surface area contributed by atoms with Gasteiger partial charge in [0.15, 0.2) is 0 Å². The standard InChI is InChI=1S/C17H12N/c1-3-7-14(8-4-1)16-11-12-18-13-17(16)15-9-5-2-6-10-15/h1-3,5-13H. The van der Waals surface area contributed by atoms with E-state index in [-0.39, 0.29) is 0 Å². The number of aromatic nitrogens is 1. The van der Waals surface area contributed by atoms with E-state index in [1.165, 1.54) is 16.7 Å². The predicted molar refractivity (Wildman–Crippen MR) is 73.9 cm³/mol. The third-order valence-corrected chi connectivity index (χ3v) is 2.92. The Bertz CT molecular complexity index is 572. The highest BCUT2D eigenvalue weighted by molar-refractivity contribution is 5.82. The van der Waals surface area contributed by atoms with Gasteiger partial charge in [0.2, 0.25) is 0 Å². The molecule has 0 amide bonds. The molecule has 3 aromatic rings. The van der Waals surface area contributed by atoms with Crippen molar-refractivity contribution >= 4 is 0 Å². The van der Waals surface area contributed by atoms with Gasteiger partial charge in [-0.25, -0.2) is 0 Å². The van der Waals surface area contributed by atoms with Crippen molar-refractivity contribution in [3.63, 3.8) is 0 Å². The summed E-state index contributed by atoms with van der Waals surface area (Å²) in [7, 11) is 0. The molecule has 0 fully saturated rings. The van der Waals surface area contributed by atoms with Crippen molar-refractivity contribution < 1.29 is 0 Å². The maximum Gasteiger partial charge on any atom is 0.0352 e. The van der Waals surface area contributed by atoms with Crippen molar-refractivity contribution in [2.75, 3.05) is 0 Å². The Labute approximate surface area is 107 Å². The van der Waals surface area contributed by atoms with Crippen LogP contribution < -0.4 is 0 Å². The van der Waals surface area contributed by atoms with Gasteiger partial charge in [0, 0.05) is 18.0 Å². The topological polar surface area (TPSA) is 12.9 Å². The largest absolute Gasteiger partial charge is 0.264 e. The average molecular weight is 230 g/mol. The highest BCUT2D eigenvalue weighted by Crippen LogP contribution is 2.30. The summed E-state index contributed by atoms with van der Waals surface area (Å²) in [5, 5.41) is 0. The van der Waals surface area contributed by atoms with Crippen LogP contribution in [0.2, 0.25) is 0 Å². The lowest BCUT2D eigenvalue weighted by molar-refractivity contribution is 1.33. The fourth-order valence-electron chi connectivity index (χ4n) is 2.05. The summed E-state index contributed by atoms with van der Waals surface area (Å²) in [5.74, 6) is 0.